The Morgan fingerprint density at radius 3 is 2.28 bits per heavy atom. The van der Waals surface area contributed by atoms with Crippen LogP contribution in [-0.2, 0) is 12.8 Å². The van der Waals surface area contributed by atoms with E-state index >= 15 is 0 Å². The fourth-order valence-electron chi connectivity index (χ4n) is 3.26. The van der Waals surface area contributed by atoms with E-state index in [-0.39, 0.29) is 34.5 Å². The van der Waals surface area contributed by atoms with Gasteiger partial charge in [-0.1, -0.05) is 30.3 Å². The van der Waals surface area contributed by atoms with Gasteiger partial charge in [0.15, 0.2) is 0 Å². The number of ether oxygens (including phenoxy) is 2. The van der Waals surface area contributed by atoms with E-state index in [9.17, 15) is 22.4 Å². The van der Waals surface area contributed by atoms with Crippen molar-refractivity contribution in [2.45, 2.75) is 12.8 Å². The van der Waals surface area contributed by atoms with Gasteiger partial charge in [0.25, 0.3) is 0 Å². The van der Waals surface area contributed by atoms with E-state index in [2.05, 4.69) is 0 Å². The molecule has 0 atom stereocenters. The zero-order chi connectivity index (χ0) is 22.9. The number of hydrogen-bond donors (Lipinski definition) is 0. The van der Waals surface area contributed by atoms with E-state index in [4.69, 9.17) is 13.9 Å². The van der Waals surface area contributed by atoms with Crippen LogP contribution < -0.4 is 14.9 Å². The molecular formula is C24H16F4O4. The molecule has 0 saturated carbocycles. The zero-order valence-corrected chi connectivity index (χ0v) is 16.7. The van der Waals surface area contributed by atoms with Crippen LogP contribution in [0.2, 0.25) is 0 Å². The van der Waals surface area contributed by atoms with Gasteiger partial charge in [-0.15, -0.1) is 0 Å². The molecule has 4 rings (SSSR count). The third-order valence-electron chi connectivity index (χ3n) is 4.85. The lowest BCUT2D eigenvalue weighted by atomic mass is 10.0. The number of rotatable bonds is 5. The highest BCUT2D eigenvalue weighted by molar-refractivity contribution is 5.84. The maximum atomic E-state index is 13.8. The lowest BCUT2D eigenvalue weighted by Gasteiger charge is -2.14. The zero-order valence-electron chi connectivity index (χ0n) is 16.7. The highest BCUT2D eigenvalue weighted by atomic mass is 19.4. The summed E-state index contributed by atoms with van der Waals surface area (Å²) in [5.41, 5.74) is -1.38. The van der Waals surface area contributed by atoms with Crippen LogP contribution >= 0.6 is 0 Å². The Hall–Kier alpha value is -3.81. The van der Waals surface area contributed by atoms with Crippen LogP contribution in [0.15, 0.2) is 75.9 Å². The molecule has 4 nitrogen and oxygen atoms in total. The molecule has 0 saturated heterocycles. The molecule has 32 heavy (non-hydrogen) atoms. The number of alkyl halides is 3. The second-order valence-corrected chi connectivity index (χ2v) is 6.90. The van der Waals surface area contributed by atoms with Crippen LogP contribution in [0.4, 0.5) is 17.6 Å². The van der Waals surface area contributed by atoms with Crippen LogP contribution in [0.5, 0.6) is 11.5 Å². The maximum Gasteiger partial charge on any atom is 0.450 e. The Labute approximate surface area is 179 Å². The summed E-state index contributed by atoms with van der Waals surface area (Å²) in [6.07, 6.45) is -4.91. The first-order valence-corrected chi connectivity index (χ1v) is 9.46. The molecular weight excluding hydrogens is 428 g/mol. The van der Waals surface area contributed by atoms with Crippen molar-refractivity contribution >= 4 is 11.0 Å². The van der Waals surface area contributed by atoms with Crippen LogP contribution in [0.1, 0.15) is 11.3 Å². The normalized spacial score (nSPS) is 11.5. The van der Waals surface area contributed by atoms with Gasteiger partial charge in [0.2, 0.25) is 11.2 Å². The summed E-state index contributed by atoms with van der Waals surface area (Å²) >= 11 is 0. The summed E-state index contributed by atoms with van der Waals surface area (Å²) in [6.45, 7) is -0.140. The molecule has 0 unspecified atom stereocenters. The quantitative estimate of drug-likeness (QED) is 0.344. The molecule has 4 aromatic rings. The fourth-order valence-corrected chi connectivity index (χ4v) is 3.26. The number of benzene rings is 3. The van der Waals surface area contributed by atoms with Crippen molar-refractivity contribution in [1.29, 1.82) is 0 Å². The van der Waals surface area contributed by atoms with Gasteiger partial charge in [0, 0.05) is 11.6 Å². The first-order valence-electron chi connectivity index (χ1n) is 9.46. The third kappa shape index (κ3) is 4.16. The van der Waals surface area contributed by atoms with E-state index in [0.29, 0.717) is 5.75 Å². The number of fused-ring (bicyclic) bond motifs is 1. The number of methoxy groups -OCH3 is 1. The van der Waals surface area contributed by atoms with Gasteiger partial charge in [-0.25, -0.2) is 4.39 Å². The van der Waals surface area contributed by atoms with Crippen molar-refractivity contribution in [3.05, 3.63) is 94.1 Å². The first kappa shape index (κ1) is 21.4. The van der Waals surface area contributed by atoms with E-state index < -0.39 is 28.7 Å². The predicted octanol–water partition coefficient (Wildman–Crippen LogP) is 6.21. The van der Waals surface area contributed by atoms with E-state index in [0.717, 1.165) is 0 Å². The van der Waals surface area contributed by atoms with E-state index in [1.54, 1.807) is 6.07 Å². The van der Waals surface area contributed by atoms with Crippen molar-refractivity contribution in [2.24, 2.45) is 0 Å². The highest BCUT2D eigenvalue weighted by Gasteiger charge is 2.39. The molecule has 0 amide bonds. The second kappa shape index (κ2) is 8.37. The topological polar surface area (TPSA) is 48.7 Å². The van der Waals surface area contributed by atoms with Crippen molar-refractivity contribution in [2.75, 3.05) is 7.11 Å². The molecule has 1 aromatic heterocycles. The largest absolute Gasteiger partial charge is 0.497 e. The van der Waals surface area contributed by atoms with E-state index in [1.165, 1.54) is 67.8 Å². The summed E-state index contributed by atoms with van der Waals surface area (Å²) in [4.78, 5) is 13.0. The van der Waals surface area contributed by atoms with Gasteiger partial charge in [0.05, 0.1) is 18.1 Å². The smallest absolute Gasteiger partial charge is 0.450 e. The molecule has 0 N–H and O–H groups in total. The lowest BCUT2D eigenvalue weighted by molar-refractivity contribution is -0.152. The lowest BCUT2D eigenvalue weighted by Crippen LogP contribution is -2.16. The minimum Gasteiger partial charge on any atom is -0.497 e. The Morgan fingerprint density at radius 1 is 0.938 bits per heavy atom. The Kier molecular flexibility index (Phi) is 5.61. The summed E-state index contributed by atoms with van der Waals surface area (Å²) in [5.74, 6) is -1.31. The molecule has 164 valence electrons. The number of halogens is 4. The van der Waals surface area contributed by atoms with Gasteiger partial charge in [-0.2, -0.15) is 13.2 Å². The van der Waals surface area contributed by atoms with Crippen molar-refractivity contribution in [3.8, 4) is 22.6 Å². The van der Waals surface area contributed by atoms with Crippen LogP contribution in [-0.4, -0.2) is 7.11 Å². The minimum atomic E-state index is -4.91. The minimum absolute atomic E-state index is 0.0398. The van der Waals surface area contributed by atoms with Gasteiger partial charge in [0.1, 0.15) is 29.5 Å². The first-order chi connectivity index (χ1) is 15.3. The maximum absolute atomic E-state index is 13.8. The molecule has 0 aliphatic heterocycles. The summed E-state index contributed by atoms with van der Waals surface area (Å²) in [5, 5.41) is -0.0398. The molecule has 3 aromatic carbocycles. The van der Waals surface area contributed by atoms with E-state index in [1.807, 2.05) is 0 Å². The summed E-state index contributed by atoms with van der Waals surface area (Å²) in [6, 6.07) is 15.5. The van der Waals surface area contributed by atoms with Crippen LogP contribution in [0.3, 0.4) is 0 Å². The SMILES string of the molecule is COc1ccc(-c2c(C(F)(F)F)oc3cc(OCc4ccccc4F)ccc3c2=O)cc1. The van der Waals surface area contributed by atoms with Gasteiger partial charge < -0.3 is 13.9 Å². The standard InChI is InChI=1S/C24H16F4O4/c1-30-16-8-6-14(7-9-16)21-22(29)18-11-10-17(12-20(18)32-23(21)24(26,27)28)31-13-15-4-2-3-5-19(15)25/h2-12H,13H2,1H3. The molecule has 0 aliphatic carbocycles. The van der Waals surface area contributed by atoms with Crippen LogP contribution in [0.25, 0.3) is 22.1 Å². The highest BCUT2D eigenvalue weighted by Crippen LogP contribution is 2.38. The molecule has 8 heteroatoms. The van der Waals surface area contributed by atoms with Crippen molar-refractivity contribution < 1.29 is 31.5 Å². The fraction of sp³-hybridized carbons (Fsp3) is 0.125. The molecule has 0 bridgehead atoms. The molecule has 1 heterocycles. The predicted molar refractivity (Wildman–Crippen MR) is 110 cm³/mol. The molecule has 0 aliphatic rings. The van der Waals surface area contributed by atoms with Gasteiger partial charge in [-0.05, 0) is 35.9 Å². The average molecular weight is 444 g/mol. The average Bonchev–Trinajstić information content (AvgIpc) is 2.78. The molecule has 0 spiro atoms. The Morgan fingerprint density at radius 2 is 1.62 bits per heavy atom. The molecule has 0 radical (unpaired) electrons. The Bertz CT molecular complexity index is 1320. The van der Waals surface area contributed by atoms with Gasteiger partial charge >= 0.3 is 6.18 Å². The Balaban J connectivity index is 1.79. The third-order valence-corrected chi connectivity index (χ3v) is 4.85. The van der Waals surface area contributed by atoms with Crippen molar-refractivity contribution in [1.82, 2.24) is 0 Å². The summed E-state index contributed by atoms with van der Waals surface area (Å²) < 4.78 is 70.7. The second-order valence-electron chi connectivity index (χ2n) is 6.90. The summed E-state index contributed by atoms with van der Waals surface area (Å²) in [7, 11) is 1.42. The van der Waals surface area contributed by atoms with Gasteiger partial charge in [-0.3, -0.25) is 4.79 Å². The monoisotopic (exact) mass is 444 g/mol. The van der Waals surface area contributed by atoms with Crippen LogP contribution in [0, 0.1) is 5.82 Å². The molecule has 0 fully saturated rings. The van der Waals surface area contributed by atoms with Crippen molar-refractivity contribution in [3.63, 3.8) is 0 Å². The number of hydrogen-bond acceptors (Lipinski definition) is 4.